The highest BCUT2D eigenvalue weighted by Crippen LogP contribution is 2.21. The number of amides is 1. The zero-order valence-corrected chi connectivity index (χ0v) is 20.5. The lowest BCUT2D eigenvalue weighted by molar-refractivity contribution is -0.142. The van der Waals surface area contributed by atoms with Crippen LogP contribution in [0.4, 0.5) is 11.5 Å². The summed E-state index contributed by atoms with van der Waals surface area (Å²) in [5, 5.41) is 3.38. The Hall–Kier alpha value is -4.46. The zero-order valence-electron chi connectivity index (χ0n) is 20.5. The first-order chi connectivity index (χ1) is 17.5. The molecule has 0 radical (unpaired) electrons. The molecular weight excluding hydrogens is 454 g/mol. The molecule has 0 saturated heterocycles. The zero-order chi connectivity index (χ0) is 25.5. The van der Waals surface area contributed by atoms with E-state index in [1.54, 1.807) is 49.5 Å². The number of carbonyl (C=O) groups excluding carboxylic acids is 2. The molecule has 4 rings (SSSR count). The van der Waals surface area contributed by atoms with Crippen LogP contribution >= 0.6 is 0 Å². The summed E-state index contributed by atoms with van der Waals surface area (Å²) >= 11 is 0. The molecule has 0 spiro atoms. The standard InChI is InChI=1S/C28H29N5O3/c1-4-20-9-12-22(13-10-20)30-19-26-31-23-18-21(11-14-24(23)32(26)3)28(35)33(17-15-27(34)36-5-2)25-8-6-7-16-29-25/h4,6-14,16,18,30H,1,5,15,17,19H2,2-3H3. The molecular formula is C28H29N5O3. The summed E-state index contributed by atoms with van der Waals surface area (Å²) in [6.45, 7) is 6.52. The van der Waals surface area contributed by atoms with E-state index in [9.17, 15) is 9.59 Å². The Labute approximate surface area is 210 Å². The van der Waals surface area contributed by atoms with Crippen molar-refractivity contribution < 1.29 is 14.3 Å². The Balaban J connectivity index is 1.55. The van der Waals surface area contributed by atoms with E-state index in [0.717, 1.165) is 22.6 Å². The molecule has 0 aliphatic carbocycles. The van der Waals surface area contributed by atoms with Gasteiger partial charge in [-0.2, -0.15) is 0 Å². The molecule has 8 heteroatoms. The first-order valence-electron chi connectivity index (χ1n) is 11.8. The molecule has 0 aliphatic heterocycles. The average molecular weight is 484 g/mol. The number of hydrogen-bond acceptors (Lipinski definition) is 6. The second-order valence-corrected chi connectivity index (χ2v) is 8.17. The molecule has 8 nitrogen and oxygen atoms in total. The van der Waals surface area contributed by atoms with E-state index in [-0.39, 0.29) is 24.8 Å². The minimum absolute atomic E-state index is 0.0750. The molecule has 1 N–H and O–H groups in total. The molecule has 0 fully saturated rings. The number of carbonyl (C=O) groups is 2. The number of benzene rings is 2. The van der Waals surface area contributed by atoms with Gasteiger partial charge in [-0.3, -0.25) is 14.5 Å². The van der Waals surface area contributed by atoms with Crippen LogP contribution in [0.15, 0.2) is 73.4 Å². The van der Waals surface area contributed by atoms with Crippen LogP contribution in [-0.2, 0) is 23.1 Å². The summed E-state index contributed by atoms with van der Waals surface area (Å²) in [5.74, 6) is 0.696. The minimum Gasteiger partial charge on any atom is -0.466 e. The van der Waals surface area contributed by atoms with Crippen molar-refractivity contribution in [1.82, 2.24) is 14.5 Å². The molecule has 2 aromatic carbocycles. The summed E-state index contributed by atoms with van der Waals surface area (Å²) in [6.07, 6.45) is 3.50. The quantitative estimate of drug-likeness (QED) is 0.325. The number of imidazole rings is 1. The van der Waals surface area contributed by atoms with Crippen LogP contribution in [0.2, 0.25) is 0 Å². The second kappa shape index (κ2) is 11.3. The van der Waals surface area contributed by atoms with E-state index in [1.807, 2.05) is 41.9 Å². The van der Waals surface area contributed by atoms with Gasteiger partial charge < -0.3 is 14.6 Å². The highest BCUT2D eigenvalue weighted by molar-refractivity contribution is 6.07. The molecule has 0 bridgehead atoms. The van der Waals surface area contributed by atoms with Gasteiger partial charge in [-0.25, -0.2) is 9.97 Å². The Kier molecular flexibility index (Phi) is 7.75. The summed E-state index contributed by atoms with van der Waals surface area (Å²) in [7, 11) is 1.95. The van der Waals surface area contributed by atoms with Gasteiger partial charge in [0.2, 0.25) is 0 Å². The lowest BCUT2D eigenvalue weighted by Gasteiger charge is -2.21. The maximum atomic E-state index is 13.5. The summed E-state index contributed by atoms with van der Waals surface area (Å²) in [6, 6.07) is 18.8. The number of nitrogens with zero attached hydrogens (tertiary/aromatic N) is 4. The van der Waals surface area contributed by atoms with Gasteiger partial charge >= 0.3 is 5.97 Å². The van der Waals surface area contributed by atoms with Crippen LogP contribution in [0.1, 0.15) is 35.1 Å². The number of hydrogen-bond donors (Lipinski definition) is 1. The minimum atomic E-state index is -0.359. The van der Waals surface area contributed by atoms with E-state index in [0.29, 0.717) is 30.0 Å². The highest BCUT2D eigenvalue weighted by atomic mass is 16.5. The third kappa shape index (κ3) is 5.60. The number of ether oxygens (including phenoxy) is 1. The molecule has 2 aromatic heterocycles. The molecule has 2 heterocycles. The van der Waals surface area contributed by atoms with Gasteiger partial charge in [0.1, 0.15) is 11.6 Å². The molecule has 0 saturated carbocycles. The lowest BCUT2D eigenvalue weighted by atomic mass is 10.1. The number of anilines is 2. The van der Waals surface area contributed by atoms with Crippen molar-refractivity contribution in [3.63, 3.8) is 0 Å². The van der Waals surface area contributed by atoms with Crippen LogP contribution in [0.5, 0.6) is 0 Å². The van der Waals surface area contributed by atoms with Crippen molar-refractivity contribution >= 4 is 40.5 Å². The van der Waals surface area contributed by atoms with Crippen LogP contribution in [0, 0.1) is 0 Å². The van der Waals surface area contributed by atoms with Gasteiger partial charge in [-0.15, -0.1) is 0 Å². The monoisotopic (exact) mass is 483 g/mol. The molecule has 0 aliphatic rings. The number of fused-ring (bicyclic) bond motifs is 1. The van der Waals surface area contributed by atoms with Gasteiger partial charge in [0.25, 0.3) is 5.91 Å². The summed E-state index contributed by atoms with van der Waals surface area (Å²) in [5.41, 5.74) is 4.14. The lowest BCUT2D eigenvalue weighted by Crippen LogP contribution is -2.34. The fourth-order valence-corrected chi connectivity index (χ4v) is 3.88. The Bertz CT molecular complexity index is 1360. The van der Waals surface area contributed by atoms with Gasteiger partial charge in [0.05, 0.1) is 30.6 Å². The number of aromatic nitrogens is 3. The number of aryl methyl sites for hydroxylation is 1. The van der Waals surface area contributed by atoms with E-state index in [2.05, 4.69) is 16.9 Å². The van der Waals surface area contributed by atoms with E-state index in [4.69, 9.17) is 9.72 Å². The summed E-state index contributed by atoms with van der Waals surface area (Å²) < 4.78 is 7.04. The van der Waals surface area contributed by atoms with Crippen LogP contribution in [-0.4, -0.2) is 39.6 Å². The predicted molar refractivity (Wildman–Crippen MR) is 142 cm³/mol. The van der Waals surface area contributed by atoms with Crippen molar-refractivity contribution in [2.24, 2.45) is 7.05 Å². The summed E-state index contributed by atoms with van der Waals surface area (Å²) in [4.78, 5) is 36.0. The molecule has 4 aromatic rings. The third-order valence-corrected chi connectivity index (χ3v) is 5.83. The van der Waals surface area contributed by atoms with E-state index >= 15 is 0 Å². The number of nitrogens with one attached hydrogen (secondary N) is 1. The van der Waals surface area contributed by atoms with Crippen molar-refractivity contribution in [2.45, 2.75) is 19.9 Å². The van der Waals surface area contributed by atoms with Crippen LogP contribution in [0.3, 0.4) is 0 Å². The SMILES string of the molecule is C=Cc1ccc(NCc2nc3cc(C(=O)N(CCC(=O)OCC)c4ccccn4)ccc3n2C)cc1. The highest BCUT2D eigenvalue weighted by Gasteiger charge is 2.21. The Morgan fingerprint density at radius 3 is 2.64 bits per heavy atom. The van der Waals surface area contributed by atoms with Gasteiger partial charge in [-0.05, 0) is 55.0 Å². The van der Waals surface area contributed by atoms with Crippen molar-refractivity contribution in [1.29, 1.82) is 0 Å². The van der Waals surface area contributed by atoms with Gasteiger partial charge in [0.15, 0.2) is 0 Å². The molecule has 0 atom stereocenters. The normalized spacial score (nSPS) is 10.7. The fourth-order valence-electron chi connectivity index (χ4n) is 3.88. The first-order valence-corrected chi connectivity index (χ1v) is 11.8. The number of esters is 1. The molecule has 0 unspecified atom stereocenters. The van der Waals surface area contributed by atoms with E-state index in [1.165, 1.54) is 4.90 Å². The maximum Gasteiger partial charge on any atom is 0.307 e. The molecule has 1 amide bonds. The maximum absolute atomic E-state index is 13.5. The third-order valence-electron chi connectivity index (χ3n) is 5.83. The largest absolute Gasteiger partial charge is 0.466 e. The predicted octanol–water partition coefficient (Wildman–Crippen LogP) is 4.82. The van der Waals surface area contributed by atoms with Crippen molar-refractivity contribution in [3.8, 4) is 0 Å². The number of rotatable bonds is 10. The van der Waals surface area contributed by atoms with Gasteiger partial charge in [-0.1, -0.05) is 30.9 Å². The average Bonchev–Trinajstić information content (AvgIpc) is 3.23. The van der Waals surface area contributed by atoms with Gasteiger partial charge in [0, 0.05) is 31.0 Å². The second-order valence-electron chi connectivity index (χ2n) is 8.17. The topological polar surface area (TPSA) is 89.3 Å². The van der Waals surface area contributed by atoms with Crippen LogP contribution < -0.4 is 10.2 Å². The Morgan fingerprint density at radius 2 is 1.94 bits per heavy atom. The Morgan fingerprint density at radius 1 is 1.14 bits per heavy atom. The van der Waals surface area contributed by atoms with E-state index < -0.39 is 0 Å². The van der Waals surface area contributed by atoms with Crippen molar-refractivity contribution in [3.05, 3.63) is 90.4 Å². The smallest absolute Gasteiger partial charge is 0.307 e. The fraction of sp³-hybridized carbons (Fsp3) is 0.214. The van der Waals surface area contributed by atoms with Crippen molar-refractivity contribution in [2.75, 3.05) is 23.4 Å². The number of pyridine rings is 1. The molecule has 36 heavy (non-hydrogen) atoms. The van der Waals surface area contributed by atoms with Crippen LogP contribution in [0.25, 0.3) is 17.1 Å². The first kappa shape index (κ1) is 24.7. The molecule has 184 valence electrons.